The number of nitrogens with one attached hydrogen (secondary N) is 1. The van der Waals surface area contributed by atoms with Crippen LogP contribution in [-0.4, -0.2) is 47.2 Å². The SMILES string of the molecule is CC(C)OCc1c(C(=O)Nc2nc(CN3CC(C)OC(C)C3)cs2)oc2ccccc12. The third-order valence-corrected chi connectivity index (χ3v) is 5.93. The number of ether oxygens (including phenoxy) is 2. The van der Waals surface area contributed by atoms with Crippen molar-refractivity contribution in [2.24, 2.45) is 0 Å². The van der Waals surface area contributed by atoms with E-state index in [0.717, 1.165) is 36.3 Å². The molecule has 1 aliphatic heterocycles. The first-order chi connectivity index (χ1) is 14.9. The smallest absolute Gasteiger partial charge is 0.293 e. The van der Waals surface area contributed by atoms with Gasteiger partial charge in [-0.3, -0.25) is 15.0 Å². The van der Waals surface area contributed by atoms with Crippen LogP contribution in [0.5, 0.6) is 0 Å². The molecule has 0 aliphatic carbocycles. The van der Waals surface area contributed by atoms with Crippen molar-refractivity contribution < 1.29 is 18.7 Å². The first-order valence-electron chi connectivity index (χ1n) is 10.6. The second-order valence-electron chi connectivity index (χ2n) is 8.32. The summed E-state index contributed by atoms with van der Waals surface area (Å²) < 4.78 is 17.4. The van der Waals surface area contributed by atoms with Crippen molar-refractivity contribution in [3.8, 4) is 0 Å². The molecule has 1 aromatic carbocycles. The van der Waals surface area contributed by atoms with E-state index in [-0.39, 0.29) is 30.0 Å². The van der Waals surface area contributed by atoms with Gasteiger partial charge >= 0.3 is 0 Å². The average molecular weight is 444 g/mol. The van der Waals surface area contributed by atoms with Crippen LogP contribution in [0.25, 0.3) is 11.0 Å². The van der Waals surface area contributed by atoms with E-state index in [0.29, 0.717) is 17.3 Å². The first-order valence-corrected chi connectivity index (χ1v) is 11.5. The summed E-state index contributed by atoms with van der Waals surface area (Å²) in [6.45, 7) is 10.9. The lowest BCUT2D eigenvalue weighted by atomic mass is 10.1. The molecule has 2 unspecified atom stereocenters. The van der Waals surface area contributed by atoms with E-state index in [4.69, 9.17) is 13.9 Å². The largest absolute Gasteiger partial charge is 0.451 e. The highest BCUT2D eigenvalue weighted by Crippen LogP contribution is 2.28. The van der Waals surface area contributed by atoms with Gasteiger partial charge in [0.15, 0.2) is 10.9 Å². The van der Waals surface area contributed by atoms with E-state index in [2.05, 4.69) is 29.0 Å². The van der Waals surface area contributed by atoms with Crippen molar-refractivity contribution >= 4 is 33.3 Å². The van der Waals surface area contributed by atoms with Gasteiger partial charge < -0.3 is 13.9 Å². The van der Waals surface area contributed by atoms with E-state index in [9.17, 15) is 4.79 Å². The van der Waals surface area contributed by atoms with Crippen LogP contribution in [-0.2, 0) is 22.6 Å². The van der Waals surface area contributed by atoms with Gasteiger partial charge in [-0.2, -0.15) is 0 Å². The number of carbonyl (C=O) groups excluding carboxylic acids is 1. The third-order valence-electron chi connectivity index (χ3n) is 5.12. The zero-order chi connectivity index (χ0) is 22.0. The number of furan rings is 1. The van der Waals surface area contributed by atoms with Crippen LogP contribution in [0.15, 0.2) is 34.1 Å². The lowest BCUT2D eigenvalue weighted by Crippen LogP contribution is -2.44. The third kappa shape index (κ3) is 5.33. The number of amides is 1. The van der Waals surface area contributed by atoms with Crippen LogP contribution >= 0.6 is 11.3 Å². The van der Waals surface area contributed by atoms with Crippen LogP contribution in [0.2, 0.25) is 0 Å². The first kappa shape index (κ1) is 22.0. The maximum atomic E-state index is 13.0. The highest BCUT2D eigenvalue weighted by Gasteiger charge is 2.24. The lowest BCUT2D eigenvalue weighted by Gasteiger charge is -2.34. The number of hydrogen-bond donors (Lipinski definition) is 1. The summed E-state index contributed by atoms with van der Waals surface area (Å²) in [5.74, 6) is -0.0394. The Balaban J connectivity index is 1.47. The normalized spacial score (nSPS) is 19.9. The minimum Gasteiger partial charge on any atom is -0.451 e. The van der Waals surface area contributed by atoms with Crippen molar-refractivity contribution in [2.45, 2.75) is 59.2 Å². The van der Waals surface area contributed by atoms with Crippen molar-refractivity contribution in [3.63, 3.8) is 0 Å². The van der Waals surface area contributed by atoms with Gasteiger partial charge in [0.05, 0.1) is 30.6 Å². The van der Waals surface area contributed by atoms with E-state index in [1.165, 1.54) is 11.3 Å². The Morgan fingerprint density at radius 1 is 1.29 bits per heavy atom. The van der Waals surface area contributed by atoms with Gasteiger partial charge in [-0.1, -0.05) is 18.2 Å². The standard InChI is InChI=1S/C23H29N3O4S/c1-14(2)28-12-19-18-7-5-6-8-20(18)30-21(19)22(27)25-23-24-17(13-31-23)11-26-9-15(3)29-16(4)10-26/h5-8,13-16H,9-12H2,1-4H3,(H,24,25,27). The van der Waals surface area contributed by atoms with Crippen molar-refractivity contribution in [3.05, 3.63) is 46.7 Å². The Kier molecular flexibility index (Phi) is 6.71. The summed E-state index contributed by atoms with van der Waals surface area (Å²) in [7, 11) is 0. The summed E-state index contributed by atoms with van der Waals surface area (Å²) >= 11 is 1.42. The highest BCUT2D eigenvalue weighted by molar-refractivity contribution is 7.13. The maximum Gasteiger partial charge on any atom is 0.293 e. The monoisotopic (exact) mass is 443 g/mol. The molecule has 0 radical (unpaired) electrons. The number of para-hydroxylation sites is 1. The molecule has 1 amide bonds. The number of benzene rings is 1. The topological polar surface area (TPSA) is 76.8 Å². The zero-order valence-corrected chi connectivity index (χ0v) is 19.2. The molecule has 1 fully saturated rings. The van der Waals surface area contributed by atoms with Crippen LogP contribution in [0.3, 0.4) is 0 Å². The molecule has 0 bridgehead atoms. The molecular weight excluding hydrogens is 414 g/mol. The molecule has 8 heteroatoms. The Morgan fingerprint density at radius 3 is 2.77 bits per heavy atom. The van der Waals surface area contributed by atoms with E-state index in [1.54, 1.807) is 0 Å². The van der Waals surface area contributed by atoms with Crippen LogP contribution < -0.4 is 5.32 Å². The minimum atomic E-state index is -0.312. The van der Waals surface area contributed by atoms with E-state index >= 15 is 0 Å². The molecular formula is C23H29N3O4S. The number of anilines is 1. The number of carbonyl (C=O) groups is 1. The molecule has 3 aromatic rings. The van der Waals surface area contributed by atoms with Gasteiger partial charge in [0, 0.05) is 36.0 Å². The lowest BCUT2D eigenvalue weighted by molar-refractivity contribution is -0.0707. The second kappa shape index (κ2) is 9.48. The summed E-state index contributed by atoms with van der Waals surface area (Å²) in [6.07, 6.45) is 0.471. The molecule has 1 N–H and O–H groups in total. The number of rotatable bonds is 7. The number of morpholine rings is 1. The van der Waals surface area contributed by atoms with Gasteiger partial charge in [0.2, 0.25) is 0 Å². The fourth-order valence-electron chi connectivity index (χ4n) is 3.91. The number of nitrogens with zero attached hydrogens (tertiary/aromatic N) is 2. The predicted octanol–water partition coefficient (Wildman–Crippen LogP) is 4.68. The molecule has 2 atom stereocenters. The predicted molar refractivity (Wildman–Crippen MR) is 121 cm³/mol. The fourth-order valence-corrected chi connectivity index (χ4v) is 4.61. The second-order valence-corrected chi connectivity index (χ2v) is 9.17. The molecule has 2 aromatic heterocycles. The Hall–Kier alpha value is -2.26. The zero-order valence-electron chi connectivity index (χ0n) is 18.4. The maximum absolute atomic E-state index is 13.0. The minimum absolute atomic E-state index is 0.0525. The Bertz CT molecular complexity index is 1030. The molecule has 7 nitrogen and oxygen atoms in total. The van der Waals surface area contributed by atoms with Gasteiger partial charge in [0.1, 0.15) is 5.58 Å². The number of thiazole rings is 1. The van der Waals surface area contributed by atoms with Crippen molar-refractivity contribution in [1.82, 2.24) is 9.88 Å². The Morgan fingerprint density at radius 2 is 2.03 bits per heavy atom. The highest BCUT2D eigenvalue weighted by atomic mass is 32.1. The van der Waals surface area contributed by atoms with Gasteiger partial charge in [-0.05, 0) is 33.8 Å². The van der Waals surface area contributed by atoms with Gasteiger partial charge in [-0.15, -0.1) is 11.3 Å². The van der Waals surface area contributed by atoms with Gasteiger partial charge in [-0.25, -0.2) is 4.98 Å². The van der Waals surface area contributed by atoms with Crippen LogP contribution in [0.4, 0.5) is 5.13 Å². The van der Waals surface area contributed by atoms with Crippen LogP contribution in [0, 0.1) is 0 Å². The number of aromatic nitrogens is 1. The van der Waals surface area contributed by atoms with Crippen molar-refractivity contribution in [2.75, 3.05) is 18.4 Å². The molecule has 3 heterocycles. The molecule has 1 saturated heterocycles. The summed E-state index contributed by atoms with van der Waals surface area (Å²) in [5, 5.41) is 6.34. The molecule has 0 saturated carbocycles. The van der Waals surface area contributed by atoms with Crippen LogP contribution in [0.1, 0.15) is 49.5 Å². The number of hydrogen-bond acceptors (Lipinski definition) is 7. The molecule has 1 aliphatic rings. The van der Waals surface area contributed by atoms with E-state index in [1.807, 2.05) is 43.5 Å². The van der Waals surface area contributed by atoms with Crippen molar-refractivity contribution in [1.29, 1.82) is 0 Å². The number of fused-ring (bicyclic) bond motifs is 1. The quantitative estimate of drug-likeness (QED) is 0.572. The fraction of sp³-hybridized carbons (Fsp3) is 0.478. The summed E-state index contributed by atoms with van der Waals surface area (Å²) in [6, 6.07) is 7.62. The summed E-state index contributed by atoms with van der Waals surface area (Å²) in [5.41, 5.74) is 2.37. The Labute approximate surface area is 186 Å². The molecule has 31 heavy (non-hydrogen) atoms. The van der Waals surface area contributed by atoms with Gasteiger partial charge in [0.25, 0.3) is 5.91 Å². The average Bonchev–Trinajstić information content (AvgIpc) is 3.29. The molecule has 166 valence electrons. The van der Waals surface area contributed by atoms with E-state index < -0.39 is 0 Å². The molecule has 0 spiro atoms. The molecule has 4 rings (SSSR count). The summed E-state index contributed by atoms with van der Waals surface area (Å²) in [4.78, 5) is 20.0.